The van der Waals surface area contributed by atoms with Gasteiger partial charge in [-0.1, -0.05) is 5.22 Å². The van der Waals surface area contributed by atoms with Crippen LogP contribution >= 0.6 is 0 Å². The first-order valence-corrected chi connectivity index (χ1v) is 4.31. The fourth-order valence-corrected chi connectivity index (χ4v) is 0.929. The summed E-state index contributed by atoms with van der Waals surface area (Å²) in [5, 5.41) is 19.9. The Hall–Kier alpha value is -2.84. The lowest BCUT2D eigenvalue weighted by atomic mass is 10.2. The molecular formula is C8H8N6O3. The number of non-ortho nitro benzene ring substituents is 1. The van der Waals surface area contributed by atoms with E-state index in [1.165, 1.54) is 24.3 Å². The number of nitrogens with one attached hydrogen (secondary N) is 1. The molecular weight excluding hydrogens is 228 g/mol. The van der Waals surface area contributed by atoms with E-state index in [1.54, 1.807) is 0 Å². The Morgan fingerprint density at radius 1 is 1.41 bits per heavy atom. The predicted molar refractivity (Wildman–Crippen MR) is 58.1 cm³/mol. The maximum atomic E-state index is 11.4. The highest BCUT2D eigenvalue weighted by Gasteiger charge is 2.08. The zero-order valence-electron chi connectivity index (χ0n) is 8.48. The first-order valence-electron chi connectivity index (χ1n) is 4.31. The molecule has 0 fully saturated rings. The average Bonchev–Trinajstić information content (AvgIpc) is 2.34. The van der Waals surface area contributed by atoms with Gasteiger partial charge in [-0.2, -0.15) is 5.10 Å². The highest BCUT2D eigenvalue weighted by molar-refractivity contribution is 5.94. The van der Waals surface area contributed by atoms with Crippen LogP contribution in [-0.2, 0) is 0 Å². The summed E-state index contributed by atoms with van der Waals surface area (Å²) in [6.07, 6.45) is 0.941. The lowest BCUT2D eigenvalue weighted by molar-refractivity contribution is -0.384. The van der Waals surface area contributed by atoms with E-state index < -0.39 is 10.8 Å². The van der Waals surface area contributed by atoms with Crippen molar-refractivity contribution in [1.82, 2.24) is 5.43 Å². The number of carbonyl (C=O) groups is 1. The lowest BCUT2D eigenvalue weighted by Crippen LogP contribution is -2.16. The fraction of sp³-hybridized carbons (Fsp3) is 0. The van der Waals surface area contributed by atoms with E-state index in [0.717, 1.165) is 6.34 Å². The molecule has 9 nitrogen and oxygen atoms in total. The van der Waals surface area contributed by atoms with Crippen molar-refractivity contribution in [3.63, 3.8) is 0 Å². The molecule has 0 aromatic heterocycles. The Morgan fingerprint density at radius 2 is 2.06 bits per heavy atom. The SMILES string of the molecule is NN=CN=NNC(=O)c1ccc([N+](=O)[O-])cc1. The van der Waals surface area contributed by atoms with E-state index in [-0.39, 0.29) is 11.3 Å². The molecule has 1 amide bonds. The Kier molecular flexibility index (Phi) is 4.25. The van der Waals surface area contributed by atoms with E-state index in [9.17, 15) is 14.9 Å². The third kappa shape index (κ3) is 3.66. The van der Waals surface area contributed by atoms with E-state index in [1.807, 2.05) is 0 Å². The van der Waals surface area contributed by atoms with Gasteiger partial charge in [0, 0.05) is 17.7 Å². The van der Waals surface area contributed by atoms with Crippen molar-refractivity contribution in [2.75, 3.05) is 0 Å². The van der Waals surface area contributed by atoms with E-state index in [4.69, 9.17) is 5.84 Å². The molecule has 1 rings (SSSR count). The Balaban J connectivity index is 2.67. The zero-order chi connectivity index (χ0) is 12.7. The van der Waals surface area contributed by atoms with Crippen LogP contribution in [0.5, 0.6) is 0 Å². The summed E-state index contributed by atoms with van der Waals surface area (Å²) in [6.45, 7) is 0. The summed E-state index contributed by atoms with van der Waals surface area (Å²) in [6, 6.07) is 5.04. The van der Waals surface area contributed by atoms with Crippen molar-refractivity contribution in [3.8, 4) is 0 Å². The first-order chi connectivity index (χ1) is 8.15. The van der Waals surface area contributed by atoms with Gasteiger partial charge in [-0.05, 0) is 12.1 Å². The van der Waals surface area contributed by atoms with E-state index in [0.29, 0.717) is 0 Å². The molecule has 9 heteroatoms. The Labute approximate surface area is 95.1 Å². The number of hydrazone groups is 1. The van der Waals surface area contributed by atoms with Gasteiger partial charge < -0.3 is 5.84 Å². The molecule has 88 valence electrons. The van der Waals surface area contributed by atoms with Crippen molar-refractivity contribution in [1.29, 1.82) is 0 Å². The first kappa shape index (κ1) is 12.2. The molecule has 0 saturated heterocycles. The highest BCUT2D eigenvalue weighted by Crippen LogP contribution is 2.11. The number of nitrogens with zero attached hydrogens (tertiary/aromatic N) is 4. The summed E-state index contributed by atoms with van der Waals surface area (Å²) < 4.78 is 0. The monoisotopic (exact) mass is 236 g/mol. The van der Waals surface area contributed by atoms with E-state index in [2.05, 4.69) is 20.9 Å². The highest BCUT2D eigenvalue weighted by atomic mass is 16.6. The lowest BCUT2D eigenvalue weighted by Gasteiger charge is -1.97. The minimum absolute atomic E-state index is 0.0987. The van der Waals surface area contributed by atoms with Gasteiger partial charge in [0.15, 0.2) is 6.34 Å². The smallest absolute Gasteiger partial charge is 0.272 e. The average molecular weight is 236 g/mol. The number of carbonyl (C=O) groups excluding carboxylic acids is 1. The molecule has 0 aliphatic heterocycles. The van der Waals surface area contributed by atoms with Crippen LogP contribution in [0.25, 0.3) is 0 Å². The van der Waals surface area contributed by atoms with Gasteiger partial charge in [0.25, 0.3) is 11.6 Å². The molecule has 0 aliphatic rings. The summed E-state index contributed by atoms with van der Waals surface area (Å²) in [5.41, 5.74) is 2.21. The van der Waals surface area contributed by atoms with Crippen LogP contribution in [0.15, 0.2) is 39.7 Å². The molecule has 0 heterocycles. The number of rotatable bonds is 4. The number of benzene rings is 1. The van der Waals surface area contributed by atoms with Crippen molar-refractivity contribution in [2.24, 2.45) is 21.3 Å². The quantitative estimate of drug-likeness (QED) is 0.197. The summed E-state index contributed by atoms with van der Waals surface area (Å²) >= 11 is 0. The minimum atomic E-state index is -0.556. The Morgan fingerprint density at radius 3 is 2.59 bits per heavy atom. The second kappa shape index (κ2) is 5.90. The Bertz CT molecular complexity index is 467. The van der Waals surface area contributed by atoms with Crippen molar-refractivity contribution < 1.29 is 9.72 Å². The number of nitrogens with two attached hydrogens (primary N) is 1. The summed E-state index contributed by atoms with van der Waals surface area (Å²) in [4.78, 5) is 21.2. The predicted octanol–water partition coefficient (Wildman–Crippen LogP) is 0.594. The van der Waals surface area contributed by atoms with Crippen LogP contribution < -0.4 is 11.3 Å². The third-order valence-electron chi connectivity index (χ3n) is 1.67. The molecule has 0 unspecified atom stereocenters. The minimum Gasteiger partial charge on any atom is -0.322 e. The van der Waals surface area contributed by atoms with Crippen molar-refractivity contribution in [3.05, 3.63) is 39.9 Å². The van der Waals surface area contributed by atoms with Crippen molar-refractivity contribution in [2.45, 2.75) is 0 Å². The molecule has 0 atom stereocenters. The molecule has 0 saturated carbocycles. The summed E-state index contributed by atoms with van der Waals surface area (Å²) in [5.74, 6) is 4.19. The standard InChI is InChI=1S/C8H8N6O3/c9-10-5-11-13-12-8(15)6-1-3-7(4-2-6)14(16)17/h1-5H,9H2,(H,10,11,12,15). The van der Waals surface area contributed by atoms with Gasteiger partial charge in [-0.25, -0.2) is 5.43 Å². The van der Waals surface area contributed by atoms with Gasteiger partial charge >= 0.3 is 0 Å². The van der Waals surface area contributed by atoms with Crippen LogP contribution in [0.3, 0.4) is 0 Å². The molecule has 1 aromatic rings. The number of nitro benzene ring substituents is 1. The molecule has 17 heavy (non-hydrogen) atoms. The fourth-order valence-electron chi connectivity index (χ4n) is 0.929. The van der Waals surface area contributed by atoms with Crippen LogP contribution in [0.4, 0.5) is 5.69 Å². The topological polar surface area (TPSA) is 135 Å². The number of nitro groups is 1. The number of amides is 1. The molecule has 3 N–H and O–H groups in total. The van der Waals surface area contributed by atoms with Gasteiger partial charge in [0.05, 0.1) is 4.92 Å². The largest absolute Gasteiger partial charge is 0.322 e. The number of hydrogen-bond donors (Lipinski definition) is 2. The van der Waals surface area contributed by atoms with E-state index >= 15 is 0 Å². The van der Waals surface area contributed by atoms with Gasteiger partial charge in [0.2, 0.25) is 0 Å². The normalized spacial score (nSPS) is 10.8. The zero-order valence-corrected chi connectivity index (χ0v) is 8.48. The molecule has 1 aromatic carbocycles. The maximum absolute atomic E-state index is 11.4. The molecule has 0 aliphatic carbocycles. The number of hydrogen-bond acceptors (Lipinski definition) is 6. The van der Waals surface area contributed by atoms with Crippen LogP contribution in [-0.4, -0.2) is 17.2 Å². The second-order valence-electron chi connectivity index (χ2n) is 2.72. The van der Waals surface area contributed by atoms with Gasteiger partial charge in [0.1, 0.15) is 0 Å². The van der Waals surface area contributed by atoms with Gasteiger partial charge in [-0.3, -0.25) is 14.9 Å². The van der Waals surface area contributed by atoms with Crippen molar-refractivity contribution >= 4 is 17.9 Å². The third-order valence-corrected chi connectivity index (χ3v) is 1.67. The van der Waals surface area contributed by atoms with Crippen LogP contribution in [0.1, 0.15) is 10.4 Å². The maximum Gasteiger partial charge on any atom is 0.272 e. The second-order valence-corrected chi connectivity index (χ2v) is 2.72. The van der Waals surface area contributed by atoms with Gasteiger partial charge in [-0.15, -0.1) is 5.11 Å². The summed E-state index contributed by atoms with van der Waals surface area (Å²) in [7, 11) is 0. The van der Waals surface area contributed by atoms with Crippen LogP contribution in [0.2, 0.25) is 0 Å². The molecule has 0 radical (unpaired) electrons. The van der Waals surface area contributed by atoms with Crippen LogP contribution in [0, 0.1) is 10.1 Å². The molecule has 0 bridgehead atoms. The molecule has 0 spiro atoms.